The summed E-state index contributed by atoms with van der Waals surface area (Å²) in [7, 11) is 1.49. The quantitative estimate of drug-likeness (QED) is 0.747. The fourth-order valence-corrected chi connectivity index (χ4v) is 1.31. The molecule has 0 saturated carbocycles. The van der Waals surface area contributed by atoms with E-state index >= 15 is 0 Å². The van der Waals surface area contributed by atoms with Crippen LogP contribution < -0.4 is 4.74 Å². The van der Waals surface area contributed by atoms with Gasteiger partial charge in [0.15, 0.2) is 11.5 Å². The van der Waals surface area contributed by atoms with Crippen molar-refractivity contribution >= 4 is 5.97 Å². The first-order valence-electron chi connectivity index (χ1n) is 4.89. The van der Waals surface area contributed by atoms with Crippen molar-refractivity contribution in [1.29, 1.82) is 0 Å². The highest BCUT2D eigenvalue weighted by Gasteiger charge is 2.01. The number of methoxy groups -OCH3 is 1. The van der Waals surface area contributed by atoms with E-state index in [1.165, 1.54) is 7.11 Å². The number of hydrogen-bond donors (Lipinski definition) is 2. The van der Waals surface area contributed by atoms with Crippen LogP contribution in [0.25, 0.3) is 0 Å². The van der Waals surface area contributed by atoms with Crippen LogP contribution in [0.3, 0.4) is 0 Å². The van der Waals surface area contributed by atoms with Gasteiger partial charge in [-0.2, -0.15) is 0 Å². The zero-order valence-corrected chi connectivity index (χ0v) is 9.01. The summed E-state index contributed by atoms with van der Waals surface area (Å²) < 4.78 is 4.97. The van der Waals surface area contributed by atoms with Crippen molar-refractivity contribution in [2.75, 3.05) is 7.11 Å². The lowest BCUT2D eigenvalue weighted by Crippen LogP contribution is -1.89. The topological polar surface area (TPSA) is 66.8 Å². The van der Waals surface area contributed by atoms with Gasteiger partial charge in [0.25, 0.3) is 0 Å². The van der Waals surface area contributed by atoms with E-state index < -0.39 is 5.97 Å². The second-order valence-electron chi connectivity index (χ2n) is 3.29. The molecule has 0 heterocycles. The third-order valence-electron chi connectivity index (χ3n) is 2.10. The van der Waals surface area contributed by atoms with Crippen molar-refractivity contribution in [1.82, 2.24) is 0 Å². The number of phenolic OH excluding ortho intramolecular Hbond substituents is 1. The number of aromatic hydroxyl groups is 1. The number of carboxylic acids is 1. The number of allylic oxidation sites excluding steroid dienone is 1. The summed E-state index contributed by atoms with van der Waals surface area (Å²) in [6, 6.07) is 5.09. The summed E-state index contributed by atoms with van der Waals surface area (Å²) in [5.41, 5.74) is 0.990. The molecule has 0 spiro atoms. The number of carboxylic acid groups (broad SMARTS) is 1. The highest BCUT2D eigenvalue weighted by atomic mass is 16.5. The maximum Gasteiger partial charge on any atom is 0.327 e. The second kappa shape index (κ2) is 5.80. The summed E-state index contributed by atoms with van der Waals surface area (Å²) >= 11 is 0. The van der Waals surface area contributed by atoms with Crippen molar-refractivity contribution in [2.45, 2.75) is 12.8 Å². The molecule has 2 N–H and O–H groups in total. The van der Waals surface area contributed by atoms with E-state index in [1.807, 2.05) is 0 Å². The predicted molar refractivity (Wildman–Crippen MR) is 59.8 cm³/mol. The normalized spacial score (nSPS) is 10.6. The Morgan fingerprint density at radius 2 is 2.25 bits per heavy atom. The Labute approximate surface area is 93.8 Å². The van der Waals surface area contributed by atoms with E-state index in [0.717, 1.165) is 11.6 Å². The minimum Gasteiger partial charge on any atom is -0.504 e. The number of phenols is 1. The predicted octanol–water partition coefficient (Wildman–Crippen LogP) is 1.97. The Hall–Kier alpha value is -1.97. The molecule has 1 aromatic carbocycles. The third kappa shape index (κ3) is 3.65. The second-order valence-corrected chi connectivity index (χ2v) is 3.29. The summed E-state index contributed by atoms with van der Waals surface area (Å²) in [6.07, 6.45) is 4.07. The van der Waals surface area contributed by atoms with Crippen LogP contribution in [0.15, 0.2) is 30.4 Å². The van der Waals surface area contributed by atoms with Gasteiger partial charge in [-0.05, 0) is 30.5 Å². The van der Waals surface area contributed by atoms with Crippen LogP contribution >= 0.6 is 0 Å². The summed E-state index contributed by atoms with van der Waals surface area (Å²) in [4.78, 5) is 10.2. The lowest BCUT2D eigenvalue weighted by Gasteiger charge is -2.05. The van der Waals surface area contributed by atoms with Gasteiger partial charge in [0.1, 0.15) is 0 Å². The van der Waals surface area contributed by atoms with Gasteiger partial charge in [-0.15, -0.1) is 0 Å². The number of ether oxygens (including phenoxy) is 1. The molecule has 0 aliphatic carbocycles. The number of rotatable bonds is 5. The largest absolute Gasteiger partial charge is 0.504 e. The molecule has 0 saturated heterocycles. The van der Waals surface area contributed by atoms with Gasteiger partial charge in [-0.3, -0.25) is 0 Å². The van der Waals surface area contributed by atoms with Crippen molar-refractivity contribution in [3.63, 3.8) is 0 Å². The molecule has 0 atom stereocenters. The lowest BCUT2D eigenvalue weighted by molar-refractivity contribution is -0.131. The molecule has 0 radical (unpaired) electrons. The zero-order valence-electron chi connectivity index (χ0n) is 9.01. The van der Waals surface area contributed by atoms with Crippen molar-refractivity contribution < 1.29 is 19.7 Å². The fraction of sp³-hybridized carbons (Fsp3) is 0.250. The number of aliphatic carboxylic acids is 1. The monoisotopic (exact) mass is 222 g/mol. The van der Waals surface area contributed by atoms with E-state index in [4.69, 9.17) is 9.84 Å². The van der Waals surface area contributed by atoms with Crippen LogP contribution in [0, 0.1) is 0 Å². The molecular formula is C12H14O4. The molecule has 1 rings (SSSR count). The Balaban J connectivity index is 2.58. The van der Waals surface area contributed by atoms with Crippen LogP contribution in [0.4, 0.5) is 0 Å². The Bertz CT molecular complexity index is 396. The lowest BCUT2D eigenvalue weighted by atomic mass is 10.1. The highest BCUT2D eigenvalue weighted by molar-refractivity contribution is 5.79. The van der Waals surface area contributed by atoms with Gasteiger partial charge in [0.05, 0.1) is 7.11 Å². The standard InChI is InChI=1S/C12H14O4/c1-16-11-8-9(6-7-10(11)13)4-2-3-5-12(14)15/h3,5-8,13H,2,4H2,1H3,(H,14,15). The van der Waals surface area contributed by atoms with Gasteiger partial charge in [0.2, 0.25) is 0 Å². The molecule has 4 heteroatoms. The van der Waals surface area contributed by atoms with Crippen LogP contribution in [0.2, 0.25) is 0 Å². The van der Waals surface area contributed by atoms with E-state index in [0.29, 0.717) is 18.6 Å². The third-order valence-corrected chi connectivity index (χ3v) is 2.10. The summed E-state index contributed by atoms with van der Waals surface area (Å²) in [5.74, 6) is -0.407. The Kier molecular flexibility index (Phi) is 4.39. The first-order valence-corrected chi connectivity index (χ1v) is 4.89. The van der Waals surface area contributed by atoms with E-state index in [2.05, 4.69) is 0 Å². The molecule has 0 bridgehead atoms. The molecule has 1 aromatic rings. The molecule has 0 aromatic heterocycles. The minimum atomic E-state index is -0.941. The van der Waals surface area contributed by atoms with E-state index in [9.17, 15) is 9.90 Å². The Morgan fingerprint density at radius 3 is 2.88 bits per heavy atom. The molecule has 0 aliphatic heterocycles. The highest BCUT2D eigenvalue weighted by Crippen LogP contribution is 2.26. The molecule has 0 unspecified atom stereocenters. The van der Waals surface area contributed by atoms with E-state index in [-0.39, 0.29) is 5.75 Å². The van der Waals surface area contributed by atoms with Crippen molar-refractivity contribution in [3.8, 4) is 11.5 Å². The first-order chi connectivity index (χ1) is 7.63. The molecule has 86 valence electrons. The van der Waals surface area contributed by atoms with Gasteiger partial charge < -0.3 is 14.9 Å². The summed E-state index contributed by atoms with van der Waals surface area (Å²) in [6.45, 7) is 0. The van der Waals surface area contributed by atoms with Crippen LogP contribution in [0.5, 0.6) is 11.5 Å². The number of aryl methyl sites for hydroxylation is 1. The molecular weight excluding hydrogens is 208 g/mol. The van der Waals surface area contributed by atoms with Crippen molar-refractivity contribution in [2.24, 2.45) is 0 Å². The van der Waals surface area contributed by atoms with Gasteiger partial charge in [-0.25, -0.2) is 4.79 Å². The maximum atomic E-state index is 10.2. The average Bonchev–Trinajstić information content (AvgIpc) is 2.26. The smallest absolute Gasteiger partial charge is 0.327 e. The SMILES string of the molecule is COc1cc(CCC=CC(=O)O)ccc1O. The molecule has 16 heavy (non-hydrogen) atoms. The van der Waals surface area contributed by atoms with Crippen LogP contribution in [-0.4, -0.2) is 23.3 Å². The van der Waals surface area contributed by atoms with Gasteiger partial charge in [-0.1, -0.05) is 12.1 Å². The zero-order chi connectivity index (χ0) is 12.0. The molecule has 0 amide bonds. The maximum absolute atomic E-state index is 10.2. The average molecular weight is 222 g/mol. The molecule has 4 nitrogen and oxygen atoms in total. The van der Waals surface area contributed by atoms with Gasteiger partial charge in [0, 0.05) is 6.08 Å². The molecule has 0 aliphatic rings. The molecule has 0 fully saturated rings. The number of hydrogen-bond acceptors (Lipinski definition) is 3. The van der Waals surface area contributed by atoms with Crippen LogP contribution in [-0.2, 0) is 11.2 Å². The summed E-state index contributed by atoms with van der Waals surface area (Å²) in [5, 5.41) is 17.8. The minimum absolute atomic E-state index is 0.104. The van der Waals surface area contributed by atoms with Gasteiger partial charge >= 0.3 is 5.97 Å². The number of carbonyl (C=O) groups is 1. The Morgan fingerprint density at radius 1 is 1.50 bits per heavy atom. The number of benzene rings is 1. The first kappa shape index (κ1) is 12.1. The van der Waals surface area contributed by atoms with Crippen molar-refractivity contribution in [3.05, 3.63) is 35.9 Å². The fourth-order valence-electron chi connectivity index (χ4n) is 1.31. The van der Waals surface area contributed by atoms with E-state index in [1.54, 1.807) is 24.3 Å². The van der Waals surface area contributed by atoms with Crippen LogP contribution in [0.1, 0.15) is 12.0 Å².